The molecule has 0 bridgehead atoms. The molecule has 0 unspecified atom stereocenters. The van der Waals surface area contributed by atoms with Crippen LogP contribution in [0.5, 0.6) is 0 Å². The van der Waals surface area contributed by atoms with Crippen molar-refractivity contribution in [2.24, 2.45) is 0 Å². The van der Waals surface area contributed by atoms with Crippen LogP contribution in [0.1, 0.15) is 0 Å². The third-order valence-electron chi connectivity index (χ3n) is 8.91. The molecule has 0 fully saturated rings. The van der Waals surface area contributed by atoms with E-state index in [0.717, 1.165) is 83.0 Å². The lowest BCUT2D eigenvalue weighted by molar-refractivity contribution is 0.956. The van der Waals surface area contributed by atoms with E-state index in [9.17, 15) is 0 Å². The average molecular weight is 577 g/mol. The zero-order valence-electron chi connectivity index (χ0n) is 24.0. The second kappa shape index (κ2) is 9.11. The number of rotatable bonds is 3. The van der Waals surface area contributed by atoms with Crippen LogP contribution in [0.15, 0.2) is 146 Å². The Morgan fingerprint density at radius 2 is 0.911 bits per heavy atom. The number of nitrogens with zero attached hydrogens (tertiary/aromatic N) is 6. The molecule has 10 aromatic rings. The highest BCUT2D eigenvalue weighted by Crippen LogP contribution is 2.40. The first-order chi connectivity index (χ1) is 22.4. The predicted octanol–water partition coefficient (Wildman–Crippen LogP) is 9.16. The van der Waals surface area contributed by atoms with E-state index in [0.29, 0.717) is 0 Å². The number of hydrogen-bond acceptors (Lipinski definition) is 3. The van der Waals surface area contributed by atoms with Gasteiger partial charge in [0.25, 0.3) is 0 Å². The highest BCUT2D eigenvalue weighted by Gasteiger charge is 2.24. The number of hydrogen-bond donors (Lipinski definition) is 0. The monoisotopic (exact) mass is 576 g/mol. The number of benzene rings is 5. The van der Waals surface area contributed by atoms with Gasteiger partial charge in [-0.1, -0.05) is 84.9 Å². The normalized spacial score (nSPS) is 12.0. The maximum absolute atomic E-state index is 5.27. The molecule has 0 N–H and O–H groups in total. The maximum Gasteiger partial charge on any atom is 0.220 e. The SMILES string of the molecule is c1ccc(-n2c(-n3c4ccccc4c4ncc5c(ncc6c7ccccc7n(-c7ccccc7)c65)c43)nc3ccccc32)cc1. The van der Waals surface area contributed by atoms with Crippen LogP contribution in [0.4, 0.5) is 0 Å². The van der Waals surface area contributed by atoms with E-state index in [2.05, 4.69) is 135 Å². The van der Waals surface area contributed by atoms with Gasteiger partial charge in [0.05, 0.1) is 33.1 Å². The van der Waals surface area contributed by atoms with Gasteiger partial charge in [0.2, 0.25) is 5.95 Å². The summed E-state index contributed by atoms with van der Waals surface area (Å²) in [4.78, 5) is 15.7. The summed E-state index contributed by atoms with van der Waals surface area (Å²) in [5.74, 6) is 0.799. The molecule has 0 saturated carbocycles. The predicted molar refractivity (Wildman–Crippen MR) is 183 cm³/mol. The molecular formula is C39H24N6. The fraction of sp³-hybridized carbons (Fsp3) is 0. The summed E-state index contributed by atoms with van der Waals surface area (Å²) >= 11 is 0. The molecule has 0 saturated heterocycles. The molecule has 0 radical (unpaired) electrons. The molecule has 0 amide bonds. The zero-order chi connectivity index (χ0) is 29.5. The van der Waals surface area contributed by atoms with Crippen molar-refractivity contribution in [2.45, 2.75) is 0 Å². The molecule has 6 nitrogen and oxygen atoms in total. The molecule has 10 rings (SSSR count). The second-order valence-corrected chi connectivity index (χ2v) is 11.4. The van der Waals surface area contributed by atoms with Gasteiger partial charge in [-0.3, -0.25) is 19.1 Å². The lowest BCUT2D eigenvalue weighted by Gasteiger charge is -2.13. The average Bonchev–Trinajstić information content (AvgIpc) is 3.77. The fourth-order valence-electron chi connectivity index (χ4n) is 7.03. The van der Waals surface area contributed by atoms with Crippen LogP contribution in [0.2, 0.25) is 0 Å². The van der Waals surface area contributed by atoms with Crippen molar-refractivity contribution in [1.82, 2.24) is 28.7 Å². The summed E-state index contributed by atoms with van der Waals surface area (Å²) in [6.45, 7) is 0. The quantitative estimate of drug-likeness (QED) is 0.211. The lowest BCUT2D eigenvalue weighted by atomic mass is 10.1. The third kappa shape index (κ3) is 3.30. The van der Waals surface area contributed by atoms with E-state index >= 15 is 0 Å². The molecule has 45 heavy (non-hydrogen) atoms. The van der Waals surface area contributed by atoms with Crippen molar-refractivity contribution in [2.75, 3.05) is 0 Å². The van der Waals surface area contributed by atoms with E-state index in [1.807, 2.05) is 24.5 Å². The van der Waals surface area contributed by atoms with Crippen LogP contribution in [-0.4, -0.2) is 28.7 Å². The molecule has 5 heterocycles. The Kier molecular flexibility index (Phi) is 4.90. The number of fused-ring (bicyclic) bond motifs is 10. The van der Waals surface area contributed by atoms with Gasteiger partial charge >= 0.3 is 0 Å². The summed E-state index contributed by atoms with van der Waals surface area (Å²) in [5, 5.41) is 4.32. The fourth-order valence-corrected chi connectivity index (χ4v) is 7.03. The lowest BCUT2D eigenvalue weighted by Crippen LogP contribution is -2.06. The topological polar surface area (TPSA) is 53.5 Å². The van der Waals surface area contributed by atoms with Crippen molar-refractivity contribution in [1.29, 1.82) is 0 Å². The Morgan fingerprint density at radius 3 is 1.64 bits per heavy atom. The van der Waals surface area contributed by atoms with E-state index in [1.54, 1.807) is 0 Å². The summed E-state index contributed by atoms with van der Waals surface area (Å²) in [6, 6.07) is 46.3. The molecule has 0 atom stereocenters. The maximum atomic E-state index is 5.27. The second-order valence-electron chi connectivity index (χ2n) is 11.4. The summed E-state index contributed by atoms with van der Waals surface area (Å²) < 4.78 is 6.83. The molecule has 0 aliphatic carbocycles. The smallest absolute Gasteiger partial charge is 0.220 e. The number of para-hydroxylation sites is 6. The first kappa shape index (κ1) is 24.2. The molecule has 0 aliphatic heterocycles. The van der Waals surface area contributed by atoms with Gasteiger partial charge in [-0.05, 0) is 48.5 Å². The van der Waals surface area contributed by atoms with Gasteiger partial charge in [-0.25, -0.2) is 4.98 Å². The Balaban J connectivity index is 1.42. The molecular weight excluding hydrogens is 552 g/mol. The van der Waals surface area contributed by atoms with Crippen LogP contribution >= 0.6 is 0 Å². The van der Waals surface area contributed by atoms with Crippen LogP contribution < -0.4 is 0 Å². The molecule has 5 aromatic carbocycles. The minimum Gasteiger partial charge on any atom is -0.308 e. The van der Waals surface area contributed by atoms with Crippen molar-refractivity contribution in [3.63, 3.8) is 0 Å². The van der Waals surface area contributed by atoms with E-state index in [1.165, 1.54) is 0 Å². The summed E-state index contributed by atoms with van der Waals surface area (Å²) in [5.41, 5.74) is 10.1. The van der Waals surface area contributed by atoms with Crippen LogP contribution in [0, 0.1) is 0 Å². The van der Waals surface area contributed by atoms with E-state index in [4.69, 9.17) is 15.0 Å². The molecule has 5 aromatic heterocycles. The minimum absolute atomic E-state index is 0.799. The molecule has 0 spiro atoms. The number of imidazole rings is 1. The van der Waals surface area contributed by atoms with Crippen LogP contribution in [0.3, 0.4) is 0 Å². The molecule has 6 heteroatoms. The Labute approximate surface area is 257 Å². The Hall–Kier alpha value is -6.27. The number of aromatic nitrogens is 6. The number of pyridine rings is 2. The summed E-state index contributed by atoms with van der Waals surface area (Å²) in [7, 11) is 0. The van der Waals surface area contributed by atoms with Crippen LogP contribution in [0.25, 0.3) is 83.0 Å². The van der Waals surface area contributed by atoms with Crippen molar-refractivity contribution in [3.05, 3.63) is 146 Å². The van der Waals surface area contributed by atoms with Gasteiger partial charge in [-0.15, -0.1) is 0 Å². The third-order valence-corrected chi connectivity index (χ3v) is 8.91. The van der Waals surface area contributed by atoms with Crippen LogP contribution in [-0.2, 0) is 0 Å². The largest absolute Gasteiger partial charge is 0.308 e. The Morgan fingerprint density at radius 1 is 0.378 bits per heavy atom. The van der Waals surface area contributed by atoms with Gasteiger partial charge in [0.15, 0.2) is 0 Å². The van der Waals surface area contributed by atoms with Gasteiger partial charge < -0.3 is 4.57 Å². The molecule has 0 aliphatic rings. The van der Waals surface area contributed by atoms with Crippen molar-refractivity contribution < 1.29 is 0 Å². The standard InChI is InChI=1S/C39H24N6/c1-3-13-25(14-4-1)43-32-20-10-7-17-27(32)29-23-40-36-30(37(29)43)24-41-35-28-18-8-11-21-33(28)45(38(35)36)39-42-31-19-9-12-22-34(31)44(39)26-15-5-2-6-16-26/h1-24H. The first-order valence-electron chi connectivity index (χ1n) is 15.1. The zero-order valence-corrected chi connectivity index (χ0v) is 24.0. The first-order valence-corrected chi connectivity index (χ1v) is 15.1. The van der Waals surface area contributed by atoms with Gasteiger partial charge in [0, 0.05) is 45.3 Å². The highest BCUT2D eigenvalue weighted by molar-refractivity contribution is 6.23. The Bertz CT molecular complexity index is 2750. The highest BCUT2D eigenvalue weighted by atomic mass is 15.3. The van der Waals surface area contributed by atoms with Gasteiger partial charge in [-0.2, -0.15) is 0 Å². The molecule has 210 valence electrons. The van der Waals surface area contributed by atoms with Gasteiger partial charge in [0.1, 0.15) is 11.0 Å². The minimum atomic E-state index is 0.799. The van der Waals surface area contributed by atoms with Crippen molar-refractivity contribution >= 4 is 65.7 Å². The van der Waals surface area contributed by atoms with Crippen molar-refractivity contribution in [3.8, 4) is 17.3 Å². The summed E-state index contributed by atoms with van der Waals surface area (Å²) in [6.07, 6.45) is 4.03. The van der Waals surface area contributed by atoms with E-state index < -0.39 is 0 Å². The van der Waals surface area contributed by atoms with E-state index in [-0.39, 0.29) is 0 Å².